The third-order valence-corrected chi connectivity index (χ3v) is 8.44. The zero-order valence-corrected chi connectivity index (χ0v) is 27.2. The van der Waals surface area contributed by atoms with E-state index in [2.05, 4.69) is 19.9 Å². The standard InChI is InChI=1S/C32H40F2N6O5S/c1-5-6-13-40(32(42)37-28-17-25(31(35)41)26(33)18-27(28)34)24-11-14-39(15-12-24)19-22-7-10-30(36-21(22)3)45-29-9-8-23(16-20(29)2)38-46(4,43)44/h7-10,16-18,24,38H,5-6,11-15,19H2,1-4H3,(H2,35,41)(H,37,42). The Morgan fingerprint density at radius 2 is 1.80 bits per heavy atom. The van der Waals surface area contributed by atoms with Crippen LogP contribution >= 0.6 is 0 Å². The van der Waals surface area contributed by atoms with Crippen LogP contribution in [0, 0.1) is 25.5 Å². The Morgan fingerprint density at radius 1 is 1.09 bits per heavy atom. The lowest BCUT2D eigenvalue weighted by Gasteiger charge is -2.38. The zero-order chi connectivity index (χ0) is 33.6. The van der Waals surface area contributed by atoms with Crippen LogP contribution in [-0.4, -0.2) is 67.1 Å². The highest BCUT2D eigenvalue weighted by Crippen LogP contribution is 2.28. The quantitative estimate of drug-likeness (QED) is 0.232. The number of nitrogens with zero attached hydrogens (tertiary/aromatic N) is 3. The van der Waals surface area contributed by atoms with Gasteiger partial charge in [0.25, 0.3) is 5.91 Å². The zero-order valence-electron chi connectivity index (χ0n) is 26.4. The van der Waals surface area contributed by atoms with E-state index in [1.54, 1.807) is 29.2 Å². The number of hydrogen-bond donors (Lipinski definition) is 3. The number of unbranched alkanes of at least 4 members (excludes halogenated alkanes) is 1. The first-order valence-electron chi connectivity index (χ1n) is 15.1. The molecule has 3 aromatic rings. The van der Waals surface area contributed by atoms with Gasteiger partial charge >= 0.3 is 6.03 Å². The first-order chi connectivity index (χ1) is 21.7. The average molecular weight is 659 g/mol. The molecule has 1 aliphatic rings. The van der Waals surface area contributed by atoms with Crippen LogP contribution in [0.3, 0.4) is 0 Å². The van der Waals surface area contributed by atoms with Crippen LogP contribution < -0.4 is 20.5 Å². The van der Waals surface area contributed by atoms with Crippen molar-refractivity contribution in [3.05, 3.63) is 76.5 Å². The second-order valence-corrected chi connectivity index (χ2v) is 13.3. The number of pyridine rings is 1. The number of aromatic nitrogens is 1. The lowest BCUT2D eigenvalue weighted by Crippen LogP contribution is -2.49. The van der Waals surface area contributed by atoms with Crippen molar-refractivity contribution in [3.63, 3.8) is 0 Å². The van der Waals surface area contributed by atoms with E-state index in [9.17, 15) is 26.8 Å². The molecule has 1 aromatic heterocycles. The maximum Gasteiger partial charge on any atom is 0.322 e. The molecule has 2 heterocycles. The topological polar surface area (TPSA) is 147 Å². The summed E-state index contributed by atoms with van der Waals surface area (Å²) in [7, 11) is -3.39. The van der Waals surface area contributed by atoms with E-state index in [-0.39, 0.29) is 11.7 Å². The lowest BCUT2D eigenvalue weighted by atomic mass is 10.0. The largest absolute Gasteiger partial charge is 0.439 e. The van der Waals surface area contributed by atoms with Crippen molar-refractivity contribution in [2.75, 3.05) is 35.9 Å². The maximum atomic E-state index is 14.5. The fourth-order valence-corrected chi connectivity index (χ4v) is 5.93. The van der Waals surface area contributed by atoms with E-state index in [1.165, 1.54) is 0 Å². The van der Waals surface area contributed by atoms with Gasteiger partial charge in [-0.1, -0.05) is 19.4 Å². The molecule has 0 bridgehead atoms. The van der Waals surface area contributed by atoms with Gasteiger partial charge in [0.05, 0.1) is 17.5 Å². The molecule has 4 N–H and O–H groups in total. The number of primary amides is 1. The fraction of sp³-hybridized carbons (Fsp3) is 0.406. The molecule has 0 saturated carbocycles. The average Bonchev–Trinajstić information content (AvgIpc) is 2.97. The summed E-state index contributed by atoms with van der Waals surface area (Å²) in [5.41, 5.74) is 7.44. The number of aryl methyl sites for hydroxylation is 2. The highest BCUT2D eigenvalue weighted by Gasteiger charge is 2.29. The first-order valence-corrected chi connectivity index (χ1v) is 16.9. The second-order valence-electron chi connectivity index (χ2n) is 11.5. The van der Waals surface area contributed by atoms with Gasteiger partial charge in [-0.2, -0.15) is 0 Å². The van der Waals surface area contributed by atoms with E-state index in [4.69, 9.17) is 10.5 Å². The molecule has 1 fully saturated rings. The van der Waals surface area contributed by atoms with Crippen molar-refractivity contribution in [1.29, 1.82) is 0 Å². The highest BCUT2D eigenvalue weighted by molar-refractivity contribution is 7.92. The SMILES string of the molecule is CCCCN(C(=O)Nc1cc(C(N)=O)c(F)cc1F)C1CCN(Cc2ccc(Oc3ccc(NS(C)(=O)=O)cc3C)nc2C)CC1. The molecule has 1 aliphatic heterocycles. The van der Waals surface area contributed by atoms with Crippen LogP contribution in [-0.2, 0) is 16.6 Å². The van der Waals surface area contributed by atoms with Crippen LogP contribution in [0.1, 0.15) is 59.8 Å². The molecule has 0 unspecified atom stereocenters. The van der Waals surface area contributed by atoms with Crippen LogP contribution in [0.5, 0.6) is 11.6 Å². The summed E-state index contributed by atoms with van der Waals surface area (Å²) < 4.78 is 59.8. The molecule has 11 nitrogen and oxygen atoms in total. The van der Waals surface area contributed by atoms with Crippen molar-refractivity contribution in [1.82, 2.24) is 14.8 Å². The molecule has 1 saturated heterocycles. The first kappa shape index (κ1) is 34.6. The Morgan fingerprint density at radius 3 is 2.41 bits per heavy atom. The Kier molecular flexibility index (Phi) is 11.2. The maximum absolute atomic E-state index is 14.5. The molecule has 46 heavy (non-hydrogen) atoms. The Hall–Kier alpha value is -4.30. The molecule has 0 radical (unpaired) electrons. The fourth-order valence-electron chi connectivity index (χ4n) is 5.37. The van der Waals surface area contributed by atoms with Crippen molar-refractivity contribution in [2.24, 2.45) is 5.73 Å². The van der Waals surface area contributed by atoms with E-state index in [0.29, 0.717) is 49.3 Å². The third-order valence-electron chi connectivity index (χ3n) is 7.83. The number of urea groups is 1. The summed E-state index contributed by atoms with van der Waals surface area (Å²) in [5, 5.41) is 2.51. The van der Waals surface area contributed by atoms with Crippen molar-refractivity contribution in [3.8, 4) is 11.6 Å². The van der Waals surface area contributed by atoms with Gasteiger partial charge in [0.15, 0.2) is 0 Å². The minimum atomic E-state index is -3.39. The number of likely N-dealkylation sites (tertiary alicyclic amines) is 1. The molecular weight excluding hydrogens is 618 g/mol. The number of halogens is 2. The number of carbonyl (C=O) groups excluding carboxylic acids is 2. The van der Waals surface area contributed by atoms with Crippen molar-refractivity contribution >= 4 is 33.3 Å². The molecule has 0 aliphatic carbocycles. The molecule has 0 spiro atoms. The van der Waals surface area contributed by atoms with Crippen molar-refractivity contribution < 1.29 is 31.5 Å². The molecule has 248 valence electrons. The van der Waals surface area contributed by atoms with Crippen molar-refractivity contribution in [2.45, 2.75) is 59.0 Å². The van der Waals surface area contributed by atoms with Gasteiger partial charge < -0.3 is 20.7 Å². The Labute approximate surface area is 268 Å². The third kappa shape index (κ3) is 9.13. The normalized spacial score (nSPS) is 14.1. The van der Waals surface area contributed by atoms with Gasteiger partial charge in [0.1, 0.15) is 17.4 Å². The van der Waals surface area contributed by atoms with E-state index < -0.39 is 39.2 Å². The van der Waals surface area contributed by atoms with Gasteiger partial charge in [-0.15, -0.1) is 0 Å². The summed E-state index contributed by atoms with van der Waals surface area (Å²) in [6.45, 7) is 8.33. The van der Waals surface area contributed by atoms with Gasteiger partial charge in [0, 0.05) is 55.7 Å². The number of sulfonamides is 1. The summed E-state index contributed by atoms with van der Waals surface area (Å²) >= 11 is 0. The predicted octanol–water partition coefficient (Wildman–Crippen LogP) is 5.54. The minimum absolute atomic E-state index is 0.0841. The molecule has 4 rings (SSSR count). The van der Waals surface area contributed by atoms with E-state index in [1.807, 2.05) is 26.8 Å². The van der Waals surface area contributed by atoms with Gasteiger partial charge in [-0.3, -0.25) is 14.4 Å². The number of amides is 3. The molecule has 3 amide bonds. The lowest BCUT2D eigenvalue weighted by molar-refractivity contribution is 0.0996. The van der Waals surface area contributed by atoms with E-state index >= 15 is 0 Å². The number of hydrogen-bond acceptors (Lipinski definition) is 7. The molecule has 14 heteroatoms. The van der Waals surface area contributed by atoms with Gasteiger partial charge in [-0.25, -0.2) is 27.0 Å². The van der Waals surface area contributed by atoms with E-state index in [0.717, 1.165) is 55.1 Å². The summed E-state index contributed by atoms with van der Waals surface area (Å²) in [6.07, 6.45) is 4.11. The number of benzene rings is 2. The summed E-state index contributed by atoms with van der Waals surface area (Å²) in [4.78, 5) is 33.4. The smallest absolute Gasteiger partial charge is 0.322 e. The number of nitrogens with two attached hydrogens (primary N) is 1. The van der Waals surface area contributed by atoms with Gasteiger partial charge in [-0.05, 0) is 68.5 Å². The van der Waals surface area contributed by atoms with Crippen LogP contribution in [0.25, 0.3) is 0 Å². The van der Waals surface area contributed by atoms with Gasteiger partial charge in [0.2, 0.25) is 15.9 Å². The van der Waals surface area contributed by atoms with Crippen LogP contribution in [0.15, 0.2) is 42.5 Å². The minimum Gasteiger partial charge on any atom is -0.439 e. The molecular formula is C32H40F2N6O5S. The number of rotatable bonds is 12. The number of nitrogens with one attached hydrogen (secondary N) is 2. The van der Waals surface area contributed by atoms with Crippen LogP contribution in [0.4, 0.5) is 25.0 Å². The molecule has 0 atom stereocenters. The Balaban J connectivity index is 1.36. The number of anilines is 2. The second kappa shape index (κ2) is 14.9. The van der Waals surface area contributed by atoms with Crippen LogP contribution in [0.2, 0.25) is 0 Å². The number of piperidine rings is 1. The summed E-state index contributed by atoms with van der Waals surface area (Å²) in [5.74, 6) is -2.15. The Bertz CT molecular complexity index is 1700. The monoisotopic (exact) mass is 658 g/mol. The number of carbonyl (C=O) groups is 2. The highest BCUT2D eigenvalue weighted by atomic mass is 32.2. The number of ether oxygens (including phenoxy) is 1. The molecule has 2 aromatic carbocycles. The summed E-state index contributed by atoms with van der Waals surface area (Å²) in [6, 6.07) is 9.64. The predicted molar refractivity (Wildman–Crippen MR) is 173 cm³/mol.